The van der Waals surface area contributed by atoms with E-state index in [0.29, 0.717) is 18.0 Å². The van der Waals surface area contributed by atoms with Gasteiger partial charge in [-0.1, -0.05) is 12.1 Å². The lowest BCUT2D eigenvalue weighted by Gasteiger charge is -2.50. The lowest BCUT2D eigenvalue weighted by molar-refractivity contribution is -0.00213. The predicted molar refractivity (Wildman–Crippen MR) is 74.7 cm³/mol. The van der Waals surface area contributed by atoms with E-state index in [9.17, 15) is 8.78 Å². The number of hydrogen-bond donors (Lipinski definition) is 1. The maximum absolute atomic E-state index is 13.8. The molecule has 1 aromatic carbocycles. The van der Waals surface area contributed by atoms with Crippen molar-refractivity contribution in [1.29, 1.82) is 0 Å². The normalized spacial score (nSPS) is 30.4. The smallest absolute Gasteiger partial charge is 0.162 e. The van der Waals surface area contributed by atoms with E-state index in [1.54, 1.807) is 12.1 Å². The second-order valence-electron chi connectivity index (χ2n) is 5.72. The molecule has 0 aromatic heterocycles. The molecule has 2 bridgehead atoms. The van der Waals surface area contributed by atoms with Crippen LogP contribution in [0.1, 0.15) is 5.56 Å². The molecule has 0 amide bonds. The predicted octanol–water partition coefficient (Wildman–Crippen LogP) is 1.10. The molecule has 3 fully saturated rings. The van der Waals surface area contributed by atoms with E-state index >= 15 is 0 Å². The van der Waals surface area contributed by atoms with E-state index in [2.05, 4.69) is 15.1 Å². The Morgan fingerprint density at radius 3 is 2.60 bits per heavy atom. The average molecular weight is 281 g/mol. The summed E-state index contributed by atoms with van der Waals surface area (Å²) in [6.07, 6.45) is 0.523. The second kappa shape index (κ2) is 5.76. The highest BCUT2D eigenvalue weighted by Crippen LogP contribution is 2.21. The summed E-state index contributed by atoms with van der Waals surface area (Å²) in [6.45, 7) is 5.42. The Hall–Kier alpha value is -1.04. The summed E-state index contributed by atoms with van der Waals surface area (Å²) in [5, 5.41) is 3.29. The first-order valence-corrected chi connectivity index (χ1v) is 7.25. The number of hydrogen-bond acceptors (Lipinski definition) is 3. The quantitative estimate of drug-likeness (QED) is 0.891. The number of rotatable bonds is 4. The Bertz CT molecular complexity index is 472. The van der Waals surface area contributed by atoms with Gasteiger partial charge in [0.15, 0.2) is 11.6 Å². The zero-order valence-corrected chi connectivity index (χ0v) is 11.8. The van der Waals surface area contributed by atoms with Crippen molar-refractivity contribution >= 4 is 0 Å². The zero-order chi connectivity index (χ0) is 14.1. The fourth-order valence-electron chi connectivity index (χ4n) is 3.41. The van der Waals surface area contributed by atoms with Crippen LogP contribution in [-0.2, 0) is 6.42 Å². The number of benzene rings is 1. The number of likely N-dealkylation sites (N-methyl/N-ethyl adjacent to an activating group) is 1. The van der Waals surface area contributed by atoms with E-state index in [-0.39, 0.29) is 6.04 Å². The van der Waals surface area contributed by atoms with Crippen molar-refractivity contribution in [2.24, 2.45) is 0 Å². The van der Waals surface area contributed by atoms with Gasteiger partial charge < -0.3 is 5.32 Å². The topological polar surface area (TPSA) is 18.5 Å². The Morgan fingerprint density at radius 2 is 2.00 bits per heavy atom. The molecule has 110 valence electrons. The van der Waals surface area contributed by atoms with Gasteiger partial charge in [-0.25, -0.2) is 8.78 Å². The number of piperazine rings is 3. The van der Waals surface area contributed by atoms with Crippen LogP contribution in [0.4, 0.5) is 8.78 Å². The fraction of sp³-hybridized carbons (Fsp3) is 0.600. The van der Waals surface area contributed by atoms with Crippen LogP contribution < -0.4 is 5.32 Å². The highest BCUT2D eigenvalue weighted by Gasteiger charge is 2.36. The van der Waals surface area contributed by atoms with Crippen LogP contribution in [0.25, 0.3) is 0 Å². The van der Waals surface area contributed by atoms with Crippen molar-refractivity contribution in [2.45, 2.75) is 18.5 Å². The Kier molecular flexibility index (Phi) is 4.01. The minimum absolute atomic E-state index is 0.148. The summed E-state index contributed by atoms with van der Waals surface area (Å²) in [6, 6.07) is 4.96. The number of nitrogens with one attached hydrogen (secondary N) is 1. The third kappa shape index (κ3) is 2.57. The maximum Gasteiger partial charge on any atom is 0.162 e. The molecule has 0 spiro atoms. The number of nitrogens with zero attached hydrogens (tertiary/aromatic N) is 2. The van der Waals surface area contributed by atoms with Crippen molar-refractivity contribution in [3.63, 3.8) is 0 Å². The van der Waals surface area contributed by atoms with E-state index in [1.807, 2.05) is 7.05 Å². The SMILES string of the molecule is CNC(Cc1cccc(F)c1F)C1CN2CCN1CC2. The van der Waals surface area contributed by atoms with Gasteiger partial charge in [0.2, 0.25) is 0 Å². The molecular formula is C15H21F2N3. The number of fused-ring (bicyclic) bond motifs is 3. The summed E-state index contributed by atoms with van der Waals surface area (Å²) in [5.41, 5.74) is 0.460. The molecule has 0 aliphatic carbocycles. The highest BCUT2D eigenvalue weighted by atomic mass is 19.2. The summed E-state index contributed by atoms with van der Waals surface area (Å²) in [7, 11) is 1.90. The molecule has 5 heteroatoms. The fourth-order valence-corrected chi connectivity index (χ4v) is 3.41. The standard InChI is InChI=1S/C15H21F2N3/c1-18-13(9-11-3-2-4-12(16)15(11)17)14-10-19-5-7-20(14)8-6-19/h2-4,13-14,18H,5-10H2,1H3. The van der Waals surface area contributed by atoms with Gasteiger partial charge in [-0.3, -0.25) is 9.80 Å². The molecule has 4 rings (SSSR count). The van der Waals surface area contributed by atoms with Crippen LogP contribution in [0.15, 0.2) is 18.2 Å². The van der Waals surface area contributed by atoms with Crippen LogP contribution in [0.3, 0.4) is 0 Å². The molecule has 2 atom stereocenters. The van der Waals surface area contributed by atoms with Crippen molar-refractivity contribution in [2.75, 3.05) is 39.8 Å². The van der Waals surface area contributed by atoms with Gasteiger partial charge in [-0.05, 0) is 25.1 Å². The molecule has 3 aliphatic rings. The molecular weight excluding hydrogens is 260 g/mol. The van der Waals surface area contributed by atoms with Crippen molar-refractivity contribution in [3.05, 3.63) is 35.4 Å². The highest BCUT2D eigenvalue weighted by molar-refractivity contribution is 5.20. The van der Waals surface area contributed by atoms with Crippen molar-refractivity contribution < 1.29 is 8.78 Å². The Balaban J connectivity index is 1.75. The van der Waals surface area contributed by atoms with Gasteiger partial charge in [0.05, 0.1) is 0 Å². The lowest BCUT2D eigenvalue weighted by Crippen LogP contribution is -2.66. The molecule has 1 aromatic rings. The Morgan fingerprint density at radius 1 is 1.25 bits per heavy atom. The first-order valence-electron chi connectivity index (χ1n) is 7.25. The van der Waals surface area contributed by atoms with E-state index in [0.717, 1.165) is 32.7 Å². The zero-order valence-electron chi connectivity index (χ0n) is 11.8. The van der Waals surface area contributed by atoms with Gasteiger partial charge in [-0.15, -0.1) is 0 Å². The largest absolute Gasteiger partial charge is 0.315 e. The van der Waals surface area contributed by atoms with E-state index < -0.39 is 11.6 Å². The maximum atomic E-state index is 13.8. The minimum atomic E-state index is -0.758. The number of halogens is 2. The van der Waals surface area contributed by atoms with Crippen LogP contribution in [0, 0.1) is 11.6 Å². The van der Waals surface area contributed by atoms with E-state index in [1.165, 1.54) is 6.07 Å². The average Bonchev–Trinajstić information content (AvgIpc) is 2.50. The monoisotopic (exact) mass is 281 g/mol. The summed E-state index contributed by atoms with van der Waals surface area (Å²) in [4.78, 5) is 4.93. The van der Waals surface area contributed by atoms with Crippen molar-refractivity contribution in [1.82, 2.24) is 15.1 Å². The van der Waals surface area contributed by atoms with Gasteiger partial charge in [0, 0.05) is 44.8 Å². The van der Waals surface area contributed by atoms with Crippen LogP contribution in [-0.4, -0.2) is 61.7 Å². The Labute approximate surface area is 118 Å². The molecule has 20 heavy (non-hydrogen) atoms. The molecule has 2 unspecified atom stereocenters. The summed E-state index contributed by atoms with van der Waals surface area (Å²) in [5.74, 6) is -1.46. The summed E-state index contributed by atoms with van der Waals surface area (Å²) < 4.78 is 27.1. The molecule has 0 radical (unpaired) electrons. The first kappa shape index (κ1) is 13.9. The van der Waals surface area contributed by atoms with Crippen molar-refractivity contribution in [3.8, 4) is 0 Å². The molecule has 3 heterocycles. The molecule has 3 nitrogen and oxygen atoms in total. The third-order valence-corrected chi connectivity index (χ3v) is 4.63. The summed E-state index contributed by atoms with van der Waals surface area (Å²) >= 11 is 0. The second-order valence-corrected chi connectivity index (χ2v) is 5.72. The lowest BCUT2D eigenvalue weighted by atomic mass is 9.94. The molecule has 1 N–H and O–H groups in total. The van der Waals surface area contributed by atoms with Crippen LogP contribution >= 0.6 is 0 Å². The molecule has 0 saturated carbocycles. The first-order chi connectivity index (χ1) is 9.69. The molecule has 3 saturated heterocycles. The van der Waals surface area contributed by atoms with E-state index in [4.69, 9.17) is 0 Å². The van der Waals surface area contributed by atoms with Gasteiger partial charge in [-0.2, -0.15) is 0 Å². The van der Waals surface area contributed by atoms with Gasteiger partial charge in [0.25, 0.3) is 0 Å². The minimum Gasteiger partial charge on any atom is -0.315 e. The van der Waals surface area contributed by atoms with Crippen LogP contribution in [0.2, 0.25) is 0 Å². The van der Waals surface area contributed by atoms with Crippen LogP contribution in [0.5, 0.6) is 0 Å². The van der Waals surface area contributed by atoms with Gasteiger partial charge in [0.1, 0.15) is 0 Å². The molecule has 3 aliphatic heterocycles. The van der Waals surface area contributed by atoms with Gasteiger partial charge >= 0.3 is 0 Å². The third-order valence-electron chi connectivity index (χ3n) is 4.63.